The van der Waals surface area contributed by atoms with Gasteiger partial charge in [-0.1, -0.05) is 42.5 Å². The second-order valence-corrected chi connectivity index (χ2v) is 7.65. The van der Waals surface area contributed by atoms with Crippen LogP contribution < -0.4 is 5.30 Å². The Kier molecular flexibility index (Phi) is 5.57. The highest BCUT2D eigenvalue weighted by Crippen LogP contribution is 2.49. The van der Waals surface area contributed by atoms with Crippen LogP contribution in [0.15, 0.2) is 54.6 Å². The normalized spacial score (nSPS) is 12.1. The maximum atomic E-state index is 13.0. The zero-order valence-corrected chi connectivity index (χ0v) is 14.4. The molecule has 0 saturated heterocycles. The van der Waals surface area contributed by atoms with E-state index < -0.39 is 7.60 Å². The summed E-state index contributed by atoms with van der Waals surface area (Å²) in [6.07, 6.45) is -0.336. The minimum Gasteiger partial charge on any atom is -0.302 e. The predicted octanol–water partition coefficient (Wildman–Crippen LogP) is 5.02. The van der Waals surface area contributed by atoms with Crippen molar-refractivity contribution in [3.8, 4) is 11.1 Å². The molecule has 4 heteroatoms. The molecule has 22 heavy (non-hydrogen) atoms. The van der Waals surface area contributed by atoms with Crippen LogP contribution in [0, 0.1) is 0 Å². The van der Waals surface area contributed by atoms with E-state index >= 15 is 0 Å². The second kappa shape index (κ2) is 7.23. The Bertz CT molecular complexity index is 619. The average molecular weight is 318 g/mol. The van der Waals surface area contributed by atoms with E-state index in [9.17, 15) is 4.57 Å². The van der Waals surface area contributed by atoms with Crippen LogP contribution in [-0.4, -0.2) is 12.2 Å². The van der Waals surface area contributed by atoms with Gasteiger partial charge in [-0.25, -0.2) is 0 Å². The monoisotopic (exact) mass is 318 g/mol. The molecule has 2 rings (SSSR count). The first-order chi connectivity index (χ1) is 10.4. The first-order valence-electron chi connectivity index (χ1n) is 7.53. The first kappa shape index (κ1) is 17.0. The fraction of sp³-hybridized carbons (Fsp3) is 0.333. The van der Waals surface area contributed by atoms with Crippen LogP contribution in [0.5, 0.6) is 0 Å². The van der Waals surface area contributed by atoms with Gasteiger partial charge in [-0.15, -0.1) is 0 Å². The summed E-state index contributed by atoms with van der Waals surface area (Å²) in [5.74, 6) is 0. The van der Waals surface area contributed by atoms with Crippen molar-refractivity contribution in [2.45, 2.75) is 39.9 Å². The molecule has 0 amide bonds. The molecule has 0 bridgehead atoms. The summed E-state index contributed by atoms with van der Waals surface area (Å²) >= 11 is 0. The van der Waals surface area contributed by atoms with Gasteiger partial charge in [-0.3, -0.25) is 4.57 Å². The van der Waals surface area contributed by atoms with Gasteiger partial charge in [0.15, 0.2) is 0 Å². The fourth-order valence-corrected chi connectivity index (χ4v) is 4.09. The van der Waals surface area contributed by atoms with Gasteiger partial charge in [0.05, 0.1) is 17.5 Å². The van der Waals surface area contributed by atoms with Gasteiger partial charge < -0.3 is 9.05 Å². The van der Waals surface area contributed by atoms with E-state index in [1.54, 1.807) is 0 Å². The topological polar surface area (TPSA) is 35.5 Å². The second-order valence-electron chi connectivity index (χ2n) is 5.72. The zero-order chi connectivity index (χ0) is 16.2. The Morgan fingerprint density at radius 2 is 1.18 bits per heavy atom. The molecule has 0 unspecified atom stereocenters. The van der Waals surface area contributed by atoms with E-state index in [0.717, 1.165) is 11.1 Å². The minimum absolute atomic E-state index is 0.168. The number of hydrogen-bond donors (Lipinski definition) is 0. The highest BCUT2D eigenvalue weighted by atomic mass is 31.2. The van der Waals surface area contributed by atoms with Crippen LogP contribution in [0.1, 0.15) is 27.7 Å². The molecule has 0 heterocycles. The van der Waals surface area contributed by atoms with Crippen molar-refractivity contribution >= 4 is 12.9 Å². The van der Waals surface area contributed by atoms with Crippen LogP contribution in [0.4, 0.5) is 0 Å². The summed E-state index contributed by atoms with van der Waals surface area (Å²) in [6.45, 7) is 7.42. The average Bonchev–Trinajstić information content (AvgIpc) is 2.46. The van der Waals surface area contributed by atoms with Crippen LogP contribution in [0.2, 0.25) is 0 Å². The maximum Gasteiger partial charge on any atom is 0.361 e. The Labute approximate surface area is 132 Å². The molecule has 0 aromatic heterocycles. The van der Waals surface area contributed by atoms with Gasteiger partial charge in [0.2, 0.25) is 0 Å². The van der Waals surface area contributed by atoms with E-state index in [1.165, 1.54) is 0 Å². The van der Waals surface area contributed by atoms with Crippen molar-refractivity contribution in [1.82, 2.24) is 0 Å². The van der Waals surface area contributed by atoms with Crippen molar-refractivity contribution in [2.24, 2.45) is 0 Å². The molecule has 2 aromatic rings. The van der Waals surface area contributed by atoms with Gasteiger partial charge in [-0.05, 0) is 51.0 Å². The standard InChI is InChI=1S/C18H23O3P/c1-14(2)20-22(19,21-15(3)4)18-12-10-17(11-13-18)16-8-6-5-7-9-16/h5-15H,1-4H3. The molecule has 0 radical (unpaired) electrons. The number of benzene rings is 2. The predicted molar refractivity (Wildman–Crippen MR) is 91.6 cm³/mol. The van der Waals surface area contributed by atoms with E-state index in [1.807, 2.05) is 82.3 Å². The number of rotatable bonds is 6. The van der Waals surface area contributed by atoms with Crippen molar-refractivity contribution in [1.29, 1.82) is 0 Å². The summed E-state index contributed by atoms with van der Waals surface area (Å²) in [7, 11) is -3.30. The van der Waals surface area contributed by atoms with Gasteiger partial charge in [-0.2, -0.15) is 0 Å². The molecule has 0 saturated carbocycles. The number of hydrogen-bond acceptors (Lipinski definition) is 3. The van der Waals surface area contributed by atoms with Gasteiger partial charge in [0.1, 0.15) is 0 Å². The van der Waals surface area contributed by atoms with Gasteiger partial charge in [0.25, 0.3) is 0 Å². The summed E-state index contributed by atoms with van der Waals surface area (Å²) in [5.41, 5.74) is 2.20. The molecule has 0 atom stereocenters. The summed E-state index contributed by atoms with van der Waals surface area (Å²) in [4.78, 5) is 0. The molecular formula is C18H23O3P. The lowest BCUT2D eigenvalue weighted by atomic mass is 10.1. The third kappa shape index (κ3) is 4.30. The van der Waals surface area contributed by atoms with Gasteiger partial charge in [0, 0.05) is 0 Å². The molecule has 0 N–H and O–H groups in total. The maximum absolute atomic E-state index is 13.0. The summed E-state index contributed by atoms with van der Waals surface area (Å²) in [5, 5.41) is 0.592. The minimum atomic E-state index is -3.30. The van der Waals surface area contributed by atoms with Crippen LogP contribution in [-0.2, 0) is 13.6 Å². The largest absolute Gasteiger partial charge is 0.361 e. The van der Waals surface area contributed by atoms with Crippen LogP contribution in [0.25, 0.3) is 11.1 Å². The lowest BCUT2D eigenvalue weighted by Gasteiger charge is -2.23. The Balaban J connectivity index is 2.32. The fourth-order valence-electron chi connectivity index (χ4n) is 2.17. The van der Waals surface area contributed by atoms with Crippen molar-refractivity contribution in [2.75, 3.05) is 0 Å². The molecule has 0 aliphatic rings. The lowest BCUT2D eigenvalue weighted by molar-refractivity contribution is 0.150. The SMILES string of the molecule is CC(C)OP(=O)(OC(C)C)c1ccc(-c2ccccc2)cc1. The third-order valence-electron chi connectivity index (χ3n) is 2.99. The Morgan fingerprint density at radius 1 is 0.727 bits per heavy atom. The molecule has 3 nitrogen and oxygen atoms in total. The van der Waals surface area contributed by atoms with Gasteiger partial charge >= 0.3 is 7.60 Å². The summed E-state index contributed by atoms with van der Waals surface area (Å²) < 4.78 is 24.3. The van der Waals surface area contributed by atoms with Crippen molar-refractivity contribution < 1.29 is 13.6 Å². The Morgan fingerprint density at radius 3 is 1.64 bits per heavy atom. The van der Waals surface area contributed by atoms with Crippen LogP contribution in [0.3, 0.4) is 0 Å². The lowest BCUT2D eigenvalue weighted by Crippen LogP contribution is -2.16. The Hall–Kier alpha value is -1.41. The molecule has 0 fully saturated rings. The smallest absolute Gasteiger partial charge is 0.302 e. The molecule has 0 aliphatic carbocycles. The highest BCUT2D eigenvalue weighted by Gasteiger charge is 2.30. The van der Waals surface area contributed by atoms with E-state index in [0.29, 0.717) is 5.30 Å². The van der Waals surface area contributed by atoms with E-state index in [2.05, 4.69) is 0 Å². The van der Waals surface area contributed by atoms with Crippen molar-refractivity contribution in [3.63, 3.8) is 0 Å². The highest BCUT2D eigenvalue weighted by molar-refractivity contribution is 7.62. The molecular weight excluding hydrogens is 295 g/mol. The van der Waals surface area contributed by atoms with E-state index in [-0.39, 0.29) is 12.2 Å². The molecule has 2 aromatic carbocycles. The first-order valence-corrected chi connectivity index (χ1v) is 9.08. The summed E-state index contributed by atoms with van der Waals surface area (Å²) in [6, 6.07) is 17.6. The third-order valence-corrected chi connectivity index (χ3v) is 5.32. The molecule has 0 spiro atoms. The van der Waals surface area contributed by atoms with Crippen molar-refractivity contribution in [3.05, 3.63) is 54.6 Å². The molecule has 0 aliphatic heterocycles. The van der Waals surface area contributed by atoms with Crippen LogP contribution >= 0.6 is 7.60 Å². The zero-order valence-electron chi connectivity index (χ0n) is 13.5. The quantitative estimate of drug-likeness (QED) is 0.701. The molecule has 118 valence electrons. The van der Waals surface area contributed by atoms with E-state index in [4.69, 9.17) is 9.05 Å².